The molecule has 0 amide bonds. The molecule has 2 nitrogen and oxygen atoms in total. The second-order valence-electron chi connectivity index (χ2n) is 4.57. The van der Waals surface area contributed by atoms with Gasteiger partial charge in [-0.25, -0.2) is 0 Å². The van der Waals surface area contributed by atoms with Crippen molar-refractivity contribution in [1.29, 1.82) is 0 Å². The Bertz CT molecular complexity index is 415. The number of rotatable bonds is 3. The first-order chi connectivity index (χ1) is 8.20. The van der Waals surface area contributed by atoms with E-state index in [4.69, 9.17) is 4.74 Å². The van der Waals surface area contributed by atoms with Gasteiger partial charge in [0.05, 0.1) is 7.11 Å². The topological polar surface area (TPSA) is 26.3 Å². The van der Waals surface area contributed by atoms with Crippen LogP contribution in [0.3, 0.4) is 0 Å². The number of methoxy groups -OCH3 is 1. The van der Waals surface area contributed by atoms with Crippen molar-refractivity contribution in [3.8, 4) is 5.75 Å². The molecule has 1 aliphatic carbocycles. The minimum Gasteiger partial charge on any atom is -0.497 e. The summed E-state index contributed by atoms with van der Waals surface area (Å²) in [5, 5.41) is 0. The van der Waals surface area contributed by atoms with Crippen molar-refractivity contribution in [2.45, 2.75) is 32.1 Å². The Kier molecular flexibility index (Phi) is 4.21. The first-order valence-corrected chi connectivity index (χ1v) is 6.85. The molecule has 3 heteroatoms. The predicted molar refractivity (Wildman–Crippen MR) is 71.4 cm³/mol. The molecule has 17 heavy (non-hydrogen) atoms. The summed E-state index contributed by atoms with van der Waals surface area (Å²) in [6, 6.07) is 5.93. The largest absolute Gasteiger partial charge is 0.497 e. The van der Waals surface area contributed by atoms with Crippen molar-refractivity contribution in [2.75, 3.05) is 7.11 Å². The Morgan fingerprint density at radius 1 is 1.41 bits per heavy atom. The highest BCUT2D eigenvalue weighted by molar-refractivity contribution is 9.10. The molecule has 0 heterocycles. The molecule has 1 aliphatic rings. The number of hydrogen-bond donors (Lipinski definition) is 0. The third-order valence-electron chi connectivity index (χ3n) is 3.40. The van der Waals surface area contributed by atoms with Crippen LogP contribution in [0.2, 0.25) is 0 Å². The molecule has 0 saturated heterocycles. The average molecular weight is 297 g/mol. The molecule has 1 atom stereocenters. The molecule has 0 spiro atoms. The lowest BCUT2D eigenvalue weighted by atomic mass is 9.84. The van der Waals surface area contributed by atoms with Crippen molar-refractivity contribution in [2.24, 2.45) is 5.92 Å². The first kappa shape index (κ1) is 12.6. The Morgan fingerprint density at radius 2 is 2.24 bits per heavy atom. The van der Waals surface area contributed by atoms with Crippen LogP contribution in [0.5, 0.6) is 5.75 Å². The number of carbonyl (C=O) groups excluding carboxylic acids is 1. The zero-order chi connectivity index (χ0) is 12.3. The number of carbonyl (C=O) groups is 1. The normalized spacial score (nSPS) is 20.4. The van der Waals surface area contributed by atoms with Gasteiger partial charge >= 0.3 is 0 Å². The van der Waals surface area contributed by atoms with Crippen molar-refractivity contribution >= 4 is 21.7 Å². The molecule has 0 unspecified atom stereocenters. The van der Waals surface area contributed by atoms with Gasteiger partial charge in [-0.1, -0.05) is 22.4 Å². The van der Waals surface area contributed by atoms with Crippen molar-refractivity contribution in [3.05, 3.63) is 28.2 Å². The summed E-state index contributed by atoms with van der Waals surface area (Å²) in [5.41, 5.74) is 1.17. The van der Waals surface area contributed by atoms with Gasteiger partial charge in [-0.2, -0.15) is 0 Å². The first-order valence-electron chi connectivity index (χ1n) is 6.06. The number of Topliss-reactive ketones (excluding diaryl/α,β-unsaturated/α-hetero) is 1. The van der Waals surface area contributed by atoms with E-state index in [0.717, 1.165) is 35.9 Å². The van der Waals surface area contributed by atoms with E-state index in [1.54, 1.807) is 7.11 Å². The highest BCUT2D eigenvalue weighted by Crippen LogP contribution is 2.29. The van der Waals surface area contributed by atoms with E-state index in [1.807, 2.05) is 18.2 Å². The minimum atomic E-state index is 0.201. The van der Waals surface area contributed by atoms with E-state index in [2.05, 4.69) is 15.9 Å². The molecule has 1 aromatic rings. The molecular weight excluding hydrogens is 280 g/mol. The van der Waals surface area contributed by atoms with E-state index in [9.17, 15) is 4.79 Å². The van der Waals surface area contributed by atoms with Crippen LogP contribution >= 0.6 is 15.9 Å². The maximum Gasteiger partial charge on any atom is 0.136 e. The number of ether oxygens (including phenoxy) is 1. The summed E-state index contributed by atoms with van der Waals surface area (Å²) >= 11 is 3.54. The fraction of sp³-hybridized carbons (Fsp3) is 0.500. The molecule has 1 saturated carbocycles. The Morgan fingerprint density at radius 3 is 2.94 bits per heavy atom. The summed E-state index contributed by atoms with van der Waals surface area (Å²) in [5.74, 6) is 1.48. The highest BCUT2D eigenvalue weighted by Gasteiger charge is 2.23. The maximum atomic E-state index is 11.8. The zero-order valence-corrected chi connectivity index (χ0v) is 11.6. The van der Waals surface area contributed by atoms with Crippen molar-refractivity contribution < 1.29 is 9.53 Å². The molecule has 0 aliphatic heterocycles. The summed E-state index contributed by atoms with van der Waals surface area (Å²) in [4.78, 5) is 11.8. The Hall–Kier alpha value is -0.830. The standard InChI is InChI=1S/C14H17BrO2/c1-17-12-6-7-13(15)11(9-12)8-10-4-2-3-5-14(10)16/h6-7,9-10H,2-5,8H2,1H3/t10-/m1/s1. The third kappa shape index (κ3) is 3.09. The Balaban J connectivity index is 2.14. The van der Waals surface area contributed by atoms with Gasteiger partial charge in [0.2, 0.25) is 0 Å². The van der Waals surface area contributed by atoms with Gasteiger partial charge in [-0.15, -0.1) is 0 Å². The molecule has 92 valence electrons. The summed E-state index contributed by atoms with van der Waals surface area (Å²) in [6.45, 7) is 0. The Labute approximate surface area is 110 Å². The SMILES string of the molecule is COc1ccc(Br)c(C[C@H]2CCCCC2=O)c1. The van der Waals surface area contributed by atoms with Crippen LogP contribution in [0.4, 0.5) is 0 Å². The number of halogens is 1. The fourth-order valence-corrected chi connectivity index (χ4v) is 2.78. The smallest absolute Gasteiger partial charge is 0.136 e. The van der Waals surface area contributed by atoms with Gasteiger partial charge in [0.1, 0.15) is 11.5 Å². The lowest BCUT2D eigenvalue weighted by molar-refractivity contribution is -0.124. The monoisotopic (exact) mass is 296 g/mol. The zero-order valence-electron chi connectivity index (χ0n) is 10.0. The van der Waals surface area contributed by atoms with Crippen LogP contribution in [-0.2, 0) is 11.2 Å². The van der Waals surface area contributed by atoms with Crippen LogP contribution in [0, 0.1) is 5.92 Å². The third-order valence-corrected chi connectivity index (χ3v) is 4.17. The average Bonchev–Trinajstić information content (AvgIpc) is 2.35. The van der Waals surface area contributed by atoms with Crippen LogP contribution < -0.4 is 4.74 Å². The number of ketones is 1. The molecule has 1 aromatic carbocycles. The van der Waals surface area contributed by atoms with Crippen LogP contribution in [0.25, 0.3) is 0 Å². The van der Waals surface area contributed by atoms with Gasteiger partial charge in [0.15, 0.2) is 0 Å². The summed E-state index contributed by atoms with van der Waals surface area (Å²) in [7, 11) is 1.67. The second-order valence-corrected chi connectivity index (χ2v) is 5.42. The lowest BCUT2D eigenvalue weighted by Crippen LogP contribution is -2.21. The molecular formula is C14H17BrO2. The highest BCUT2D eigenvalue weighted by atomic mass is 79.9. The predicted octanol–water partition coefficient (Wildman–Crippen LogP) is 3.76. The molecule has 0 N–H and O–H groups in total. The molecule has 1 fully saturated rings. The second kappa shape index (κ2) is 5.67. The minimum absolute atomic E-state index is 0.201. The van der Waals surface area contributed by atoms with Crippen molar-refractivity contribution in [3.63, 3.8) is 0 Å². The quantitative estimate of drug-likeness (QED) is 0.849. The lowest BCUT2D eigenvalue weighted by Gasteiger charge is -2.21. The van der Waals surface area contributed by atoms with Crippen LogP contribution in [0.15, 0.2) is 22.7 Å². The molecule has 0 radical (unpaired) electrons. The van der Waals surface area contributed by atoms with Crippen LogP contribution in [-0.4, -0.2) is 12.9 Å². The van der Waals surface area contributed by atoms with E-state index < -0.39 is 0 Å². The van der Waals surface area contributed by atoms with Gasteiger partial charge in [0.25, 0.3) is 0 Å². The van der Waals surface area contributed by atoms with Gasteiger partial charge in [-0.05, 0) is 43.0 Å². The molecule has 0 aromatic heterocycles. The van der Waals surface area contributed by atoms with Gasteiger partial charge in [0, 0.05) is 16.8 Å². The summed E-state index contributed by atoms with van der Waals surface area (Å²) in [6.07, 6.45) is 4.86. The number of benzene rings is 1. The van der Waals surface area contributed by atoms with E-state index in [1.165, 1.54) is 12.0 Å². The summed E-state index contributed by atoms with van der Waals surface area (Å²) < 4.78 is 6.29. The van der Waals surface area contributed by atoms with E-state index >= 15 is 0 Å². The maximum absolute atomic E-state index is 11.8. The fourth-order valence-electron chi connectivity index (χ4n) is 2.37. The van der Waals surface area contributed by atoms with E-state index in [0.29, 0.717) is 5.78 Å². The van der Waals surface area contributed by atoms with Crippen molar-refractivity contribution in [1.82, 2.24) is 0 Å². The van der Waals surface area contributed by atoms with Gasteiger partial charge in [-0.3, -0.25) is 4.79 Å². The van der Waals surface area contributed by atoms with Gasteiger partial charge < -0.3 is 4.74 Å². The number of hydrogen-bond acceptors (Lipinski definition) is 2. The molecule has 2 rings (SSSR count). The molecule has 0 bridgehead atoms. The van der Waals surface area contributed by atoms with Crippen LogP contribution in [0.1, 0.15) is 31.2 Å². The van der Waals surface area contributed by atoms with E-state index in [-0.39, 0.29) is 5.92 Å².